The number of amides is 2. The number of nitrogens with zero attached hydrogens (tertiary/aromatic N) is 2. The van der Waals surface area contributed by atoms with Crippen LogP contribution in [-0.4, -0.2) is 65.0 Å². The van der Waals surface area contributed by atoms with Gasteiger partial charge in [-0.2, -0.15) is 0 Å². The van der Waals surface area contributed by atoms with E-state index in [1.165, 1.54) is 17.2 Å². The van der Waals surface area contributed by atoms with Crippen molar-refractivity contribution in [1.29, 1.82) is 0 Å². The summed E-state index contributed by atoms with van der Waals surface area (Å²) in [5, 5.41) is 2.79. The molecule has 4 bridgehead atoms. The minimum Gasteiger partial charge on any atom is -0.460 e. The van der Waals surface area contributed by atoms with Crippen molar-refractivity contribution in [3.8, 4) is 0 Å². The normalized spacial score (nSPS) is 32.3. The highest BCUT2D eigenvalue weighted by Gasteiger charge is 2.41. The molecule has 1 unspecified atom stereocenters. The van der Waals surface area contributed by atoms with E-state index >= 15 is 0 Å². The minimum atomic E-state index is -0.748. The van der Waals surface area contributed by atoms with E-state index < -0.39 is 42.0 Å². The maximum absolute atomic E-state index is 13.3. The lowest BCUT2D eigenvalue weighted by atomic mass is 9.94. The molecule has 2 fully saturated rings. The first kappa shape index (κ1) is 27.3. The molecule has 1 aromatic rings. The smallest absolute Gasteiger partial charge is 0.329 e. The molecule has 1 N–H and O–H groups in total. The van der Waals surface area contributed by atoms with Gasteiger partial charge in [0.2, 0.25) is 11.8 Å². The quantitative estimate of drug-likeness (QED) is 0.554. The Labute approximate surface area is 222 Å². The fraction of sp³-hybridized carbons (Fsp3) is 0.536. The Morgan fingerprint density at radius 2 is 1.89 bits per heavy atom. The van der Waals surface area contributed by atoms with Gasteiger partial charge in [0.25, 0.3) is 5.91 Å². The number of hydrogen-bond donors (Lipinski definition) is 1. The predicted molar refractivity (Wildman–Crippen MR) is 137 cm³/mol. The third-order valence-electron chi connectivity index (χ3n) is 7.05. The Bertz CT molecular complexity index is 1160. The third kappa shape index (κ3) is 6.23. The van der Waals surface area contributed by atoms with Crippen molar-refractivity contribution in [2.75, 3.05) is 13.1 Å². The SMILES string of the molecule is CC1=C/[C@@H]2CC(C(=O)O2)c2nc(co2)C(=O)N2CCC[C@@H]2C(=O)O[C@H](C(C)C)[C@H](C)/C=C\C(=O)NC/C=C\1. The van der Waals surface area contributed by atoms with Gasteiger partial charge in [-0.05, 0) is 37.8 Å². The molecule has 3 aliphatic rings. The minimum absolute atomic E-state index is 0.0106. The maximum Gasteiger partial charge on any atom is 0.329 e. The zero-order valence-corrected chi connectivity index (χ0v) is 22.2. The van der Waals surface area contributed by atoms with Gasteiger partial charge in [0.15, 0.2) is 5.69 Å². The van der Waals surface area contributed by atoms with E-state index in [-0.39, 0.29) is 29.3 Å². The molecule has 38 heavy (non-hydrogen) atoms. The highest BCUT2D eigenvalue weighted by molar-refractivity contribution is 5.95. The van der Waals surface area contributed by atoms with E-state index in [0.29, 0.717) is 32.4 Å². The van der Waals surface area contributed by atoms with Gasteiger partial charge in [0.05, 0.1) is 0 Å². The third-order valence-corrected chi connectivity index (χ3v) is 7.05. The van der Waals surface area contributed by atoms with Gasteiger partial charge in [-0.15, -0.1) is 0 Å². The molecule has 0 spiro atoms. The molecular formula is C28H35N3O7. The van der Waals surface area contributed by atoms with Crippen LogP contribution in [0, 0.1) is 11.8 Å². The molecule has 0 radical (unpaired) electrons. The highest BCUT2D eigenvalue weighted by Crippen LogP contribution is 2.32. The topological polar surface area (TPSA) is 128 Å². The number of cyclic esters (lactones) is 1. The molecule has 10 heteroatoms. The highest BCUT2D eigenvalue weighted by atomic mass is 16.6. The lowest BCUT2D eigenvalue weighted by molar-refractivity contribution is -0.158. The Morgan fingerprint density at radius 1 is 1.11 bits per heavy atom. The van der Waals surface area contributed by atoms with Gasteiger partial charge in [-0.25, -0.2) is 9.78 Å². The molecule has 10 nitrogen and oxygen atoms in total. The second-order valence-electron chi connectivity index (χ2n) is 10.4. The molecule has 4 heterocycles. The fourth-order valence-electron chi connectivity index (χ4n) is 5.08. The van der Waals surface area contributed by atoms with Crippen LogP contribution in [0.25, 0.3) is 0 Å². The van der Waals surface area contributed by atoms with Crippen molar-refractivity contribution < 1.29 is 33.1 Å². The van der Waals surface area contributed by atoms with Gasteiger partial charge in [-0.1, -0.05) is 44.6 Å². The molecule has 2 saturated heterocycles. The summed E-state index contributed by atoms with van der Waals surface area (Å²) in [6.07, 6.45) is 10.4. The largest absolute Gasteiger partial charge is 0.460 e. The Morgan fingerprint density at radius 3 is 2.66 bits per heavy atom. The molecule has 0 aliphatic carbocycles. The van der Waals surface area contributed by atoms with E-state index in [2.05, 4.69) is 10.3 Å². The molecule has 0 saturated carbocycles. The average Bonchev–Trinajstić information content (AvgIpc) is 3.62. The van der Waals surface area contributed by atoms with Crippen LogP contribution in [0.2, 0.25) is 0 Å². The van der Waals surface area contributed by atoms with E-state index in [1.807, 2.05) is 39.8 Å². The maximum atomic E-state index is 13.3. The number of aromatic nitrogens is 1. The molecule has 4 rings (SSSR count). The van der Waals surface area contributed by atoms with Crippen LogP contribution in [-0.2, 0) is 23.9 Å². The van der Waals surface area contributed by atoms with Crippen LogP contribution in [0.3, 0.4) is 0 Å². The van der Waals surface area contributed by atoms with E-state index in [9.17, 15) is 19.2 Å². The first-order valence-corrected chi connectivity index (χ1v) is 13.1. The van der Waals surface area contributed by atoms with Crippen LogP contribution in [0.15, 0.2) is 46.6 Å². The monoisotopic (exact) mass is 525 g/mol. The van der Waals surface area contributed by atoms with Crippen LogP contribution in [0.5, 0.6) is 0 Å². The van der Waals surface area contributed by atoms with Gasteiger partial charge in [0.1, 0.15) is 30.4 Å². The number of allylic oxidation sites excluding steroid dienone is 2. The summed E-state index contributed by atoms with van der Waals surface area (Å²) >= 11 is 0. The molecule has 204 valence electrons. The number of carbonyl (C=O) groups is 4. The zero-order chi connectivity index (χ0) is 27.4. The van der Waals surface area contributed by atoms with Crippen LogP contribution >= 0.6 is 0 Å². The summed E-state index contributed by atoms with van der Waals surface area (Å²) in [5.74, 6) is -2.52. The van der Waals surface area contributed by atoms with Crippen molar-refractivity contribution in [1.82, 2.24) is 15.2 Å². The number of oxazole rings is 1. The second kappa shape index (κ2) is 11.8. The first-order valence-electron chi connectivity index (χ1n) is 13.1. The molecule has 2 amide bonds. The van der Waals surface area contributed by atoms with Gasteiger partial charge < -0.3 is 24.1 Å². The number of carbonyl (C=O) groups excluding carboxylic acids is 4. The van der Waals surface area contributed by atoms with Crippen molar-refractivity contribution in [2.45, 2.75) is 71.1 Å². The van der Waals surface area contributed by atoms with Crippen LogP contribution in [0.4, 0.5) is 0 Å². The molecular weight excluding hydrogens is 490 g/mol. The van der Waals surface area contributed by atoms with E-state index in [4.69, 9.17) is 13.9 Å². The van der Waals surface area contributed by atoms with Crippen molar-refractivity contribution in [3.05, 3.63) is 53.8 Å². The Balaban J connectivity index is 1.62. The van der Waals surface area contributed by atoms with Crippen LogP contribution < -0.4 is 5.32 Å². The number of rotatable bonds is 1. The number of ether oxygens (including phenoxy) is 2. The van der Waals surface area contributed by atoms with Gasteiger partial charge in [-0.3, -0.25) is 14.4 Å². The number of hydrogen-bond acceptors (Lipinski definition) is 8. The summed E-state index contributed by atoms with van der Waals surface area (Å²) < 4.78 is 16.9. The molecule has 1 aromatic heterocycles. The van der Waals surface area contributed by atoms with E-state index in [0.717, 1.165) is 5.57 Å². The summed E-state index contributed by atoms with van der Waals surface area (Å²) in [7, 11) is 0. The van der Waals surface area contributed by atoms with Gasteiger partial charge >= 0.3 is 11.9 Å². The van der Waals surface area contributed by atoms with Gasteiger partial charge in [0, 0.05) is 25.4 Å². The zero-order valence-electron chi connectivity index (χ0n) is 22.2. The van der Waals surface area contributed by atoms with Crippen molar-refractivity contribution in [3.63, 3.8) is 0 Å². The van der Waals surface area contributed by atoms with Crippen LogP contribution in [0.1, 0.15) is 69.3 Å². The number of fused-ring (bicyclic) bond motifs is 6. The Kier molecular flexibility index (Phi) is 8.48. The van der Waals surface area contributed by atoms with Crippen molar-refractivity contribution >= 4 is 23.8 Å². The summed E-state index contributed by atoms with van der Waals surface area (Å²) in [5.41, 5.74) is 0.907. The Hall–Kier alpha value is -3.69. The second-order valence-corrected chi connectivity index (χ2v) is 10.4. The predicted octanol–water partition coefficient (Wildman–Crippen LogP) is 3.07. The molecule has 0 aromatic carbocycles. The standard InChI is InChI=1S/C28H35N3O7/c1-16(2)24-18(4)9-10-23(32)29-11-5-7-17(3)13-19-14-20(27(34)37-19)25-30-21(15-36-25)26(33)31-12-6-8-22(31)28(35)38-24/h5,7,9-10,13,15-16,18-20,22,24H,6,8,11-12,14H2,1-4H3,(H,29,32)/b7-5-,10-9-,17-13-/t18-,19-,20?,22-,24-/m1/s1. The first-order chi connectivity index (χ1) is 18.1. The lowest BCUT2D eigenvalue weighted by Crippen LogP contribution is -2.44. The summed E-state index contributed by atoms with van der Waals surface area (Å²) in [4.78, 5) is 57.1. The lowest BCUT2D eigenvalue weighted by Gasteiger charge is -2.29. The number of esters is 2. The van der Waals surface area contributed by atoms with E-state index in [1.54, 1.807) is 12.2 Å². The summed E-state index contributed by atoms with van der Waals surface area (Å²) in [6, 6.07) is -0.748. The van der Waals surface area contributed by atoms with Crippen molar-refractivity contribution in [2.24, 2.45) is 11.8 Å². The number of nitrogens with one attached hydrogen (secondary N) is 1. The molecule has 3 aliphatic heterocycles. The fourth-order valence-corrected chi connectivity index (χ4v) is 5.08. The summed E-state index contributed by atoms with van der Waals surface area (Å²) in [6.45, 7) is 8.36. The molecule has 5 atom stereocenters. The average molecular weight is 526 g/mol.